The maximum Gasteiger partial charge on any atom is 2.00 e. The van der Waals surface area contributed by atoms with Crippen molar-refractivity contribution in [2.45, 2.75) is 18.9 Å². The molecule has 7 aromatic rings. The smallest absolute Gasteiger partial charge is 0.489 e. The van der Waals surface area contributed by atoms with Gasteiger partial charge in [0, 0.05) is 43.3 Å². The molecule has 0 amide bonds. The Morgan fingerprint density at radius 3 is 1.76 bits per heavy atom. The first-order valence-electron chi connectivity index (χ1n) is 16.0. The quantitative estimate of drug-likeness (QED) is 0.0749. The van der Waals surface area contributed by atoms with Crippen LogP contribution in [-0.2, 0) is 29.1 Å². The molecule has 0 saturated carbocycles. The van der Waals surface area contributed by atoms with Crippen LogP contribution in [0.2, 0.25) is 20.1 Å². The van der Waals surface area contributed by atoms with Gasteiger partial charge >= 0.3 is 31.4 Å². The van der Waals surface area contributed by atoms with Crippen molar-refractivity contribution in [3.8, 4) is 45.6 Å². The molecule has 0 radical (unpaired) electrons. The SMILES string of the molecule is O=C(O)CC(CC(=O)O)Oc1ccc2c3nc4nc(nc5[n-]c(nc6n[n+](nc([n-]3)c2c1)-c1c(Cl)c(Cl)c(Cl)c(Cl)c1-6)c1ccccc51)-c1ccccc1-4.[Zn+2]. The average Bonchev–Trinajstić information content (AvgIpc) is 3.88. The first-order valence-corrected chi connectivity index (χ1v) is 17.5. The summed E-state index contributed by atoms with van der Waals surface area (Å²) in [7, 11) is 0. The van der Waals surface area contributed by atoms with Crippen molar-refractivity contribution in [1.29, 1.82) is 0 Å². The van der Waals surface area contributed by atoms with Gasteiger partial charge in [-0.2, -0.15) is 0 Å². The summed E-state index contributed by atoms with van der Waals surface area (Å²) < 4.78 is 5.88. The predicted molar refractivity (Wildman–Crippen MR) is 199 cm³/mol. The molecule has 19 heteroatoms. The third kappa shape index (κ3) is 6.31. The molecule has 2 N–H and O–H groups in total. The van der Waals surface area contributed by atoms with Gasteiger partial charge in [-0.15, -0.1) is 0 Å². The van der Waals surface area contributed by atoms with Gasteiger partial charge in [0.05, 0.1) is 45.2 Å². The molecule has 266 valence electrons. The summed E-state index contributed by atoms with van der Waals surface area (Å²) in [6, 6.07) is 19.7. The Labute approximate surface area is 340 Å². The number of nitrogens with zero attached hydrogens (tertiary/aromatic N) is 9. The van der Waals surface area contributed by atoms with Gasteiger partial charge in [-0.1, -0.05) is 100 Å². The van der Waals surface area contributed by atoms with Crippen molar-refractivity contribution in [1.82, 2.24) is 40.1 Å². The molecule has 4 aromatic carbocycles. The molecular formula is C36H18Cl4N9O5Zn+. The summed E-state index contributed by atoms with van der Waals surface area (Å²) in [5, 5.41) is 30.5. The number of aliphatic carboxylic acids is 2. The van der Waals surface area contributed by atoms with Crippen LogP contribution in [-0.4, -0.2) is 58.4 Å². The molecular weight excluding hydrogens is 846 g/mol. The van der Waals surface area contributed by atoms with Crippen molar-refractivity contribution in [3.05, 3.63) is 86.8 Å². The van der Waals surface area contributed by atoms with E-state index in [0.29, 0.717) is 44.4 Å². The van der Waals surface area contributed by atoms with Gasteiger partial charge in [0.25, 0.3) is 5.69 Å². The number of rotatable bonds is 6. The first kappa shape index (κ1) is 36.7. The number of carboxylic acid groups (broad SMARTS) is 2. The van der Waals surface area contributed by atoms with Crippen LogP contribution in [0.3, 0.4) is 0 Å². The summed E-state index contributed by atoms with van der Waals surface area (Å²) >= 11 is 26.7. The van der Waals surface area contributed by atoms with E-state index in [9.17, 15) is 19.8 Å². The summed E-state index contributed by atoms with van der Waals surface area (Å²) in [6.45, 7) is 0. The largest absolute Gasteiger partial charge is 2.00 e. The van der Waals surface area contributed by atoms with Gasteiger partial charge in [0.1, 0.15) is 22.4 Å². The van der Waals surface area contributed by atoms with E-state index < -0.39 is 30.9 Å². The van der Waals surface area contributed by atoms with Crippen LogP contribution in [0.25, 0.3) is 84.0 Å². The minimum Gasteiger partial charge on any atom is -0.489 e. The molecule has 0 saturated heterocycles. The molecule has 0 aliphatic carbocycles. The van der Waals surface area contributed by atoms with Crippen LogP contribution >= 0.6 is 46.4 Å². The summed E-state index contributed by atoms with van der Waals surface area (Å²) in [5.41, 5.74) is 2.76. The second kappa shape index (κ2) is 14.1. The zero-order valence-corrected chi connectivity index (χ0v) is 33.7. The van der Waals surface area contributed by atoms with Crippen molar-refractivity contribution in [2.24, 2.45) is 0 Å². The second-order valence-electron chi connectivity index (χ2n) is 12.1. The van der Waals surface area contributed by atoms with E-state index in [1.54, 1.807) is 18.2 Å². The molecule has 9 rings (SSSR count). The number of carbonyl (C=O) groups is 2. The Hall–Kier alpha value is -5.31. The van der Waals surface area contributed by atoms with Crippen molar-refractivity contribution >= 4 is 102 Å². The zero-order valence-electron chi connectivity index (χ0n) is 27.7. The van der Waals surface area contributed by atoms with Crippen molar-refractivity contribution in [2.75, 3.05) is 0 Å². The number of benzene rings is 4. The van der Waals surface area contributed by atoms with Crippen molar-refractivity contribution < 1.29 is 48.8 Å². The standard InChI is InChI=1S/C36H19Cl4N9O5.Zn/c37-25-24-29(28(40)27(39)26(25)38)49-47-35-21-11-14(54-15(12-22(50)51)13-23(52)53)9-10-20(21)34(45-35)44-32-17-6-2-1-5-16(17)30(42-32)41-31-18-7-3-4-8-19(18)33(43-31)46-36(24)48-49;/h1-11,15H,12-13H2,(H3,41,42,43,44,45,46,47,48,50,51,52,53);/q;+2/p-1. The molecule has 0 spiro atoms. The number of hydrogen-bond donors (Lipinski definition) is 2. The van der Waals surface area contributed by atoms with E-state index in [1.807, 2.05) is 48.5 Å². The number of halogens is 4. The molecule has 14 nitrogen and oxygen atoms in total. The Bertz CT molecular complexity index is 2960. The molecule has 0 unspecified atom stereocenters. The van der Waals surface area contributed by atoms with E-state index in [4.69, 9.17) is 86.1 Å². The summed E-state index contributed by atoms with van der Waals surface area (Å²) in [5.74, 6) is -1.52. The van der Waals surface area contributed by atoms with Crippen LogP contribution in [0.1, 0.15) is 12.8 Å². The maximum atomic E-state index is 11.5. The average molecular weight is 864 g/mol. The minimum atomic E-state index is -1.22. The van der Waals surface area contributed by atoms with Gasteiger partial charge in [-0.3, -0.25) is 9.59 Å². The molecule has 0 fully saturated rings. The Balaban J connectivity index is 0.00000427. The molecule has 8 bridgehead atoms. The zero-order chi connectivity index (χ0) is 37.4. The monoisotopic (exact) mass is 860 g/mol. The van der Waals surface area contributed by atoms with E-state index in [0.717, 1.165) is 5.56 Å². The van der Waals surface area contributed by atoms with Gasteiger partial charge in [0.15, 0.2) is 5.82 Å². The topological polar surface area (TPSA) is 193 Å². The summed E-state index contributed by atoms with van der Waals surface area (Å²) in [6.07, 6.45) is -2.27. The number of carboxylic acids is 2. The Kier molecular flexibility index (Phi) is 9.38. The first-order chi connectivity index (χ1) is 26.0. The van der Waals surface area contributed by atoms with Gasteiger partial charge in [0.2, 0.25) is 0 Å². The van der Waals surface area contributed by atoms with Crippen LogP contribution in [0, 0.1) is 0 Å². The van der Waals surface area contributed by atoms with Crippen LogP contribution in [0.15, 0.2) is 66.7 Å². The molecule has 55 heavy (non-hydrogen) atoms. The second-order valence-corrected chi connectivity index (χ2v) is 13.7. The normalized spacial score (nSPS) is 11.7. The van der Waals surface area contributed by atoms with Gasteiger partial charge in [-0.25, -0.2) is 4.98 Å². The van der Waals surface area contributed by atoms with Crippen molar-refractivity contribution in [3.63, 3.8) is 0 Å². The third-order valence-corrected chi connectivity index (χ3v) is 10.5. The number of ether oxygens (including phenoxy) is 1. The minimum absolute atomic E-state index is 0. The fourth-order valence-electron chi connectivity index (χ4n) is 6.37. The molecule has 5 heterocycles. The van der Waals surface area contributed by atoms with E-state index >= 15 is 0 Å². The third-order valence-electron chi connectivity index (χ3n) is 8.71. The van der Waals surface area contributed by atoms with E-state index in [-0.39, 0.29) is 79.3 Å². The number of aromatic nitrogens is 9. The fraction of sp³-hybridized carbons (Fsp3) is 0.0833. The molecule has 2 aliphatic heterocycles. The van der Waals surface area contributed by atoms with Crippen LogP contribution < -0.4 is 19.5 Å². The van der Waals surface area contributed by atoms with E-state index in [1.165, 1.54) is 4.80 Å². The Morgan fingerprint density at radius 1 is 0.636 bits per heavy atom. The number of hydrogen-bond acceptors (Lipinski definition) is 9. The van der Waals surface area contributed by atoms with Gasteiger partial charge < -0.3 is 39.9 Å². The Morgan fingerprint density at radius 2 is 1.16 bits per heavy atom. The molecule has 2 aliphatic rings. The number of fused-ring (bicyclic) bond motifs is 20. The molecule has 3 aromatic heterocycles. The fourth-order valence-corrected chi connectivity index (χ4v) is 7.37. The van der Waals surface area contributed by atoms with Crippen LogP contribution in [0.5, 0.6) is 5.75 Å². The van der Waals surface area contributed by atoms with E-state index in [2.05, 4.69) is 5.10 Å². The summed E-state index contributed by atoms with van der Waals surface area (Å²) in [4.78, 5) is 53.2. The van der Waals surface area contributed by atoms with Gasteiger partial charge in [-0.05, 0) is 34.4 Å². The predicted octanol–water partition coefficient (Wildman–Crippen LogP) is 7.05. The van der Waals surface area contributed by atoms with Crippen LogP contribution in [0.4, 0.5) is 0 Å². The molecule has 0 atom stereocenters. The maximum absolute atomic E-state index is 11.5.